The zero-order valence-corrected chi connectivity index (χ0v) is 19.0. The number of nitrogens with one attached hydrogen (secondary N) is 1. The molecule has 0 saturated heterocycles. The van der Waals surface area contributed by atoms with Gasteiger partial charge < -0.3 is 14.8 Å². The molecule has 1 aromatic heterocycles. The maximum atomic E-state index is 12.8. The van der Waals surface area contributed by atoms with Gasteiger partial charge >= 0.3 is 6.36 Å². The maximum absolute atomic E-state index is 12.8. The third-order valence-corrected chi connectivity index (χ3v) is 4.80. The first-order chi connectivity index (χ1) is 15.2. The van der Waals surface area contributed by atoms with Crippen LogP contribution in [0.15, 0.2) is 30.3 Å². The number of anilines is 2. The predicted octanol–water partition coefficient (Wildman–Crippen LogP) is 4.98. The van der Waals surface area contributed by atoms with Gasteiger partial charge in [-0.15, -0.1) is 13.2 Å². The molecule has 2 amide bonds. The van der Waals surface area contributed by atoms with Gasteiger partial charge in [-0.05, 0) is 48.6 Å². The highest BCUT2D eigenvalue weighted by atomic mass is 19.4. The van der Waals surface area contributed by atoms with Crippen LogP contribution in [0.2, 0.25) is 0 Å². The van der Waals surface area contributed by atoms with Gasteiger partial charge in [0, 0.05) is 6.42 Å². The molecule has 33 heavy (non-hydrogen) atoms. The van der Waals surface area contributed by atoms with Crippen LogP contribution in [0.1, 0.15) is 45.2 Å². The average Bonchev–Trinajstić information content (AvgIpc) is 2.65. The number of hydrogen-bond acceptors (Lipinski definition) is 5. The number of amides is 2. The highest BCUT2D eigenvalue weighted by Gasteiger charge is 2.34. The molecule has 0 spiro atoms. The fourth-order valence-corrected chi connectivity index (χ4v) is 3.34. The lowest BCUT2D eigenvalue weighted by Crippen LogP contribution is -2.44. The zero-order chi connectivity index (χ0) is 24.6. The van der Waals surface area contributed by atoms with Crippen LogP contribution >= 0.6 is 0 Å². The Balaban J connectivity index is 1.84. The second-order valence-electron chi connectivity index (χ2n) is 9.14. The first-order valence-corrected chi connectivity index (χ1v) is 10.4. The van der Waals surface area contributed by atoms with E-state index in [9.17, 15) is 22.8 Å². The molecule has 0 fully saturated rings. The highest BCUT2D eigenvalue weighted by molar-refractivity contribution is 6.00. The van der Waals surface area contributed by atoms with Crippen LogP contribution in [0.5, 0.6) is 11.6 Å². The molecular formula is C23H26F3N3O4. The predicted molar refractivity (Wildman–Crippen MR) is 116 cm³/mol. The molecule has 1 atom stereocenters. The molecule has 0 unspecified atom stereocenters. The number of alkyl halides is 3. The van der Waals surface area contributed by atoms with Crippen LogP contribution in [0.4, 0.5) is 24.7 Å². The normalized spacial score (nSPS) is 16.2. The molecular weight excluding hydrogens is 439 g/mol. The first-order valence-electron chi connectivity index (χ1n) is 10.4. The molecule has 1 aromatic carbocycles. The van der Waals surface area contributed by atoms with Gasteiger partial charge in [0.05, 0.1) is 6.54 Å². The summed E-state index contributed by atoms with van der Waals surface area (Å²) in [5, 5.41) is 2.79. The molecule has 0 bridgehead atoms. The summed E-state index contributed by atoms with van der Waals surface area (Å²) in [6.07, 6.45) is -5.29. The SMILES string of the molecule is Cc1cc2c(nc1NC(=O)CC(C)(C)C)O[C@H](C)C(=O)N2Cc1ccc(OC(F)(F)F)cc1. The summed E-state index contributed by atoms with van der Waals surface area (Å²) in [5.41, 5.74) is 1.46. The lowest BCUT2D eigenvalue weighted by Gasteiger charge is -2.33. The van der Waals surface area contributed by atoms with Crippen LogP contribution in [-0.2, 0) is 16.1 Å². The van der Waals surface area contributed by atoms with E-state index in [4.69, 9.17) is 4.74 Å². The second-order valence-corrected chi connectivity index (χ2v) is 9.14. The van der Waals surface area contributed by atoms with Gasteiger partial charge in [0.15, 0.2) is 6.10 Å². The quantitative estimate of drug-likeness (QED) is 0.674. The lowest BCUT2D eigenvalue weighted by atomic mass is 9.92. The number of aryl methyl sites for hydroxylation is 1. The zero-order valence-electron chi connectivity index (χ0n) is 19.0. The molecule has 2 heterocycles. The van der Waals surface area contributed by atoms with E-state index in [-0.39, 0.29) is 35.4 Å². The number of nitrogens with zero attached hydrogens (tertiary/aromatic N) is 2. The molecule has 1 aliphatic heterocycles. The Morgan fingerprint density at radius 2 is 1.85 bits per heavy atom. The Morgan fingerprint density at radius 3 is 2.42 bits per heavy atom. The lowest BCUT2D eigenvalue weighted by molar-refractivity contribution is -0.274. The molecule has 2 aromatic rings. The molecule has 0 radical (unpaired) electrons. The third-order valence-electron chi connectivity index (χ3n) is 4.80. The van der Waals surface area contributed by atoms with E-state index in [1.807, 2.05) is 20.8 Å². The fraction of sp³-hybridized carbons (Fsp3) is 0.435. The van der Waals surface area contributed by atoms with Crippen LogP contribution in [0, 0.1) is 12.3 Å². The number of ether oxygens (including phenoxy) is 2. The summed E-state index contributed by atoms with van der Waals surface area (Å²) in [6, 6.07) is 6.98. The summed E-state index contributed by atoms with van der Waals surface area (Å²) < 4.78 is 46.7. The minimum atomic E-state index is -4.78. The second kappa shape index (κ2) is 8.92. The monoisotopic (exact) mass is 465 g/mol. The Bertz CT molecular complexity index is 1050. The van der Waals surface area contributed by atoms with E-state index < -0.39 is 12.5 Å². The van der Waals surface area contributed by atoms with Crippen molar-refractivity contribution in [2.24, 2.45) is 5.41 Å². The molecule has 7 nitrogen and oxygen atoms in total. The van der Waals surface area contributed by atoms with Gasteiger partial charge in [0.1, 0.15) is 17.3 Å². The summed E-state index contributed by atoms with van der Waals surface area (Å²) in [6.45, 7) is 9.30. The van der Waals surface area contributed by atoms with Crippen molar-refractivity contribution >= 4 is 23.3 Å². The van der Waals surface area contributed by atoms with Crippen molar-refractivity contribution in [1.82, 2.24) is 4.98 Å². The van der Waals surface area contributed by atoms with Gasteiger partial charge in [-0.1, -0.05) is 32.9 Å². The van der Waals surface area contributed by atoms with E-state index >= 15 is 0 Å². The van der Waals surface area contributed by atoms with Gasteiger partial charge in [0.25, 0.3) is 5.91 Å². The molecule has 1 N–H and O–H groups in total. The Labute approximate surface area is 189 Å². The number of carbonyl (C=O) groups is 2. The van der Waals surface area contributed by atoms with E-state index in [2.05, 4.69) is 15.0 Å². The fourth-order valence-electron chi connectivity index (χ4n) is 3.34. The Hall–Kier alpha value is -3.30. The Kier molecular flexibility index (Phi) is 6.58. The molecule has 0 saturated carbocycles. The van der Waals surface area contributed by atoms with Crippen molar-refractivity contribution in [3.8, 4) is 11.6 Å². The number of halogens is 3. The average molecular weight is 465 g/mol. The minimum Gasteiger partial charge on any atom is -0.463 e. The summed E-state index contributed by atoms with van der Waals surface area (Å²) in [5.74, 6) is -0.310. The van der Waals surface area contributed by atoms with E-state index in [1.165, 1.54) is 29.2 Å². The van der Waals surface area contributed by atoms with Gasteiger partial charge in [-0.3, -0.25) is 14.5 Å². The van der Waals surface area contributed by atoms with Gasteiger partial charge in [-0.2, -0.15) is 4.98 Å². The molecule has 0 aliphatic carbocycles. The third kappa shape index (κ3) is 6.36. The van der Waals surface area contributed by atoms with Crippen molar-refractivity contribution < 1.29 is 32.2 Å². The van der Waals surface area contributed by atoms with Crippen molar-refractivity contribution in [2.75, 3.05) is 10.2 Å². The van der Waals surface area contributed by atoms with E-state index in [0.29, 0.717) is 29.1 Å². The highest BCUT2D eigenvalue weighted by Crippen LogP contribution is 2.37. The smallest absolute Gasteiger partial charge is 0.463 e. The standard InChI is InChI=1S/C23H26F3N3O4/c1-13-10-17-20(28-19(13)27-18(30)11-22(3,4)5)32-14(2)21(31)29(17)12-15-6-8-16(9-7-15)33-23(24,25)26/h6-10,14H,11-12H2,1-5H3,(H,27,28,30)/t14-/m1/s1. The molecule has 3 rings (SSSR count). The molecule has 10 heteroatoms. The van der Waals surface area contributed by atoms with Crippen molar-refractivity contribution in [3.63, 3.8) is 0 Å². The van der Waals surface area contributed by atoms with Crippen LogP contribution in [0.25, 0.3) is 0 Å². The number of fused-ring (bicyclic) bond motifs is 1. The van der Waals surface area contributed by atoms with Crippen molar-refractivity contribution in [1.29, 1.82) is 0 Å². The minimum absolute atomic E-state index is 0.0999. The van der Waals surface area contributed by atoms with Crippen LogP contribution < -0.4 is 19.7 Å². The number of hydrogen-bond donors (Lipinski definition) is 1. The number of benzene rings is 1. The van der Waals surface area contributed by atoms with Gasteiger partial charge in [0.2, 0.25) is 11.8 Å². The Morgan fingerprint density at radius 1 is 1.21 bits per heavy atom. The molecule has 178 valence electrons. The topological polar surface area (TPSA) is 80.8 Å². The molecule has 1 aliphatic rings. The number of carbonyl (C=O) groups excluding carboxylic acids is 2. The largest absolute Gasteiger partial charge is 0.573 e. The maximum Gasteiger partial charge on any atom is 0.573 e. The van der Waals surface area contributed by atoms with Crippen LogP contribution in [0.3, 0.4) is 0 Å². The number of rotatable bonds is 5. The number of pyridine rings is 1. The van der Waals surface area contributed by atoms with Crippen LogP contribution in [-0.4, -0.2) is 29.3 Å². The first kappa shape index (κ1) is 24.3. The summed E-state index contributed by atoms with van der Waals surface area (Å²) in [7, 11) is 0. The summed E-state index contributed by atoms with van der Waals surface area (Å²) in [4.78, 5) is 31.0. The van der Waals surface area contributed by atoms with Gasteiger partial charge in [-0.25, -0.2) is 0 Å². The van der Waals surface area contributed by atoms with Crippen molar-refractivity contribution in [2.45, 2.75) is 60.1 Å². The number of aromatic nitrogens is 1. The van der Waals surface area contributed by atoms with E-state index in [0.717, 1.165) is 0 Å². The van der Waals surface area contributed by atoms with E-state index in [1.54, 1.807) is 19.9 Å². The summed E-state index contributed by atoms with van der Waals surface area (Å²) >= 11 is 0. The van der Waals surface area contributed by atoms with Crippen molar-refractivity contribution in [3.05, 3.63) is 41.5 Å².